The number of hydrogen-bond acceptors (Lipinski definition) is 6. The number of aliphatic hydroxyl groups is 1. The first-order chi connectivity index (χ1) is 24.1. The number of benzene rings is 3. The van der Waals surface area contributed by atoms with E-state index in [2.05, 4.69) is 72.5 Å². The van der Waals surface area contributed by atoms with E-state index in [1.54, 1.807) is 6.20 Å². The van der Waals surface area contributed by atoms with Crippen molar-refractivity contribution in [1.29, 1.82) is 0 Å². The van der Waals surface area contributed by atoms with E-state index in [1.165, 1.54) is 21.2 Å². The molecule has 52 heavy (non-hydrogen) atoms. The molecule has 3 heterocycles. The zero-order valence-electron chi connectivity index (χ0n) is 32.7. The van der Waals surface area contributed by atoms with Crippen molar-refractivity contribution in [3.8, 4) is 11.3 Å². The van der Waals surface area contributed by atoms with Crippen LogP contribution in [0, 0.1) is 16.9 Å². The van der Waals surface area contributed by atoms with E-state index in [0.717, 1.165) is 70.0 Å². The number of hydrogen-bond donors (Lipinski definition) is 1. The molecular formula is C44H54GeIrN3O3-. The van der Waals surface area contributed by atoms with Crippen LogP contribution in [0.4, 0.5) is 0 Å². The largest absolute Gasteiger partial charge is 0.512 e. The van der Waals surface area contributed by atoms with Gasteiger partial charge in [0.2, 0.25) is 0 Å². The zero-order chi connectivity index (χ0) is 37.3. The Balaban J connectivity index is 0.000000289. The zero-order valence-corrected chi connectivity index (χ0v) is 37.2. The predicted molar refractivity (Wildman–Crippen MR) is 217 cm³/mol. The van der Waals surface area contributed by atoms with Crippen molar-refractivity contribution in [2.75, 3.05) is 0 Å². The predicted octanol–water partition coefficient (Wildman–Crippen LogP) is 11.9. The Kier molecular flexibility index (Phi) is 13.0. The maximum absolute atomic E-state index is 12.2. The second-order valence-electron chi connectivity index (χ2n) is 15.7. The molecule has 277 valence electrons. The van der Waals surface area contributed by atoms with Crippen molar-refractivity contribution in [3.63, 3.8) is 0 Å². The fourth-order valence-electron chi connectivity index (χ4n) is 6.49. The van der Waals surface area contributed by atoms with E-state index < -0.39 is 13.3 Å². The van der Waals surface area contributed by atoms with Crippen molar-refractivity contribution in [3.05, 3.63) is 84.5 Å². The number of rotatable bonds is 10. The van der Waals surface area contributed by atoms with Crippen LogP contribution in [0.5, 0.6) is 0 Å². The second-order valence-corrected chi connectivity index (χ2v) is 26.3. The van der Waals surface area contributed by atoms with Crippen LogP contribution in [0.2, 0.25) is 17.3 Å². The first-order valence-electron chi connectivity index (χ1n) is 18.5. The summed E-state index contributed by atoms with van der Waals surface area (Å²) in [5.74, 6) is 8.64. The molecule has 0 saturated carbocycles. The molecule has 6 nitrogen and oxygen atoms in total. The molecule has 0 bridgehead atoms. The van der Waals surface area contributed by atoms with Gasteiger partial charge in [-0.2, -0.15) is 0 Å². The number of fused-ring (bicyclic) bond motifs is 6. The Morgan fingerprint density at radius 1 is 0.885 bits per heavy atom. The van der Waals surface area contributed by atoms with E-state index in [9.17, 15) is 9.90 Å². The van der Waals surface area contributed by atoms with E-state index in [-0.39, 0.29) is 48.4 Å². The molecule has 6 aromatic rings. The van der Waals surface area contributed by atoms with E-state index in [0.29, 0.717) is 5.71 Å². The molecule has 0 fully saturated rings. The quantitative estimate of drug-likeness (QED) is 0.0484. The van der Waals surface area contributed by atoms with Gasteiger partial charge in [0, 0.05) is 37.0 Å². The third-order valence-electron chi connectivity index (χ3n) is 11.1. The molecular weight excluding hydrogens is 883 g/mol. The van der Waals surface area contributed by atoms with Crippen LogP contribution in [0.1, 0.15) is 92.8 Å². The SMILES string of the molecule is CC(C)c1nc(-c2[c-]ccc3c2oc2ncccc23)c2ccc3ccc[c]([Ge]([CH3])([CH3])[CH3])c3c2n1.CCC(C)(CC)C(=O)/C=C(\O)C(C)(CC)CC.[Ir]. The van der Waals surface area contributed by atoms with E-state index >= 15 is 0 Å². The molecule has 0 amide bonds. The Hall–Kier alpha value is -3.39. The number of furan rings is 1. The summed E-state index contributed by atoms with van der Waals surface area (Å²) in [6, 6.07) is 22.5. The van der Waals surface area contributed by atoms with Crippen LogP contribution in [-0.2, 0) is 24.9 Å². The fourth-order valence-corrected chi connectivity index (χ4v) is 9.87. The molecule has 0 aliphatic rings. The normalized spacial score (nSPS) is 12.7. The molecule has 1 N–H and O–H groups in total. The van der Waals surface area contributed by atoms with Crippen molar-refractivity contribution in [2.45, 2.75) is 104 Å². The average molecular weight is 938 g/mol. The summed E-state index contributed by atoms with van der Waals surface area (Å²) in [6.45, 7) is 16.4. The summed E-state index contributed by atoms with van der Waals surface area (Å²) in [7, 11) is 0. The molecule has 1 radical (unpaired) electrons. The number of aromatic nitrogens is 3. The van der Waals surface area contributed by atoms with Gasteiger partial charge >= 0.3 is 202 Å². The van der Waals surface area contributed by atoms with Gasteiger partial charge < -0.3 is 5.11 Å². The standard InChI is InChI=1S/C29H26GeN3O.C15H28O2.Ir/c1-17(2)28-32-25(22-11-7-10-19-20-12-8-16-31-29(20)34-27(19)22)21-15-14-18-9-6-13-23(30(3,4)5)24(18)26(21)33-28;1-7-14(5,8-2)12(16)11-13(17)15(6,9-3)10-4;/h6-10,12-17H,1-5H3;11,16H,7-10H2,1-6H3;/q-1;;/b;12-11-;. The number of nitrogens with zero attached hydrogens (tertiary/aromatic N) is 3. The van der Waals surface area contributed by atoms with E-state index in [1.807, 2.05) is 65.8 Å². The third kappa shape index (κ3) is 7.93. The molecule has 8 heteroatoms. The molecule has 6 rings (SSSR count). The van der Waals surface area contributed by atoms with Gasteiger partial charge in [0.05, 0.1) is 0 Å². The van der Waals surface area contributed by atoms with Gasteiger partial charge in [-0.05, 0) is 25.7 Å². The van der Waals surface area contributed by atoms with Crippen molar-refractivity contribution >= 4 is 67.2 Å². The monoisotopic (exact) mass is 939 g/mol. The number of aliphatic hydroxyl groups excluding tert-OH is 1. The minimum absolute atomic E-state index is 0. The summed E-state index contributed by atoms with van der Waals surface area (Å²) < 4.78 is 7.73. The first kappa shape index (κ1) is 41.4. The molecule has 3 aromatic carbocycles. The molecule has 3 aromatic heterocycles. The van der Waals surface area contributed by atoms with Gasteiger partial charge in [0.25, 0.3) is 0 Å². The van der Waals surface area contributed by atoms with Crippen LogP contribution in [0.3, 0.4) is 0 Å². The Morgan fingerprint density at radius 3 is 2.17 bits per heavy atom. The fraction of sp³-hybridized carbons (Fsp3) is 0.409. The molecule has 0 aliphatic heterocycles. The number of carbonyl (C=O) groups excluding carboxylic acids is 1. The van der Waals surface area contributed by atoms with Gasteiger partial charge in [-0.3, -0.25) is 4.79 Å². The van der Waals surface area contributed by atoms with Gasteiger partial charge in [-0.15, -0.1) is 0 Å². The summed E-state index contributed by atoms with van der Waals surface area (Å²) in [6.07, 6.45) is 6.51. The van der Waals surface area contributed by atoms with Gasteiger partial charge in [-0.25, -0.2) is 0 Å². The van der Waals surface area contributed by atoms with Crippen LogP contribution in [-0.4, -0.2) is 39.1 Å². The van der Waals surface area contributed by atoms with Gasteiger partial charge in [-0.1, -0.05) is 41.5 Å². The summed E-state index contributed by atoms with van der Waals surface area (Å²) in [4.78, 5) is 26.8. The maximum atomic E-state index is 12.2. The number of allylic oxidation sites excluding steroid dienone is 2. The van der Waals surface area contributed by atoms with Crippen LogP contribution >= 0.6 is 0 Å². The minimum atomic E-state index is -2.18. The Morgan fingerprint density at radius 2 is 1.56 bits per heavy atom. The second kappa shape index (κ2) is 16.3. The summed E-state index contributed by atoms with van der Waals surface area (Å²) in [5.41, 5.74) is 3.56. The average Bonchev–Trinajstić information content (AvgIpc) is 3.52. The smallest absolute Gasteiger partial charge is 0.164 e. The van der Waals surface area contributed by atoms with E-state index in [4.69, 9.17) is 14.4 Å². The minimum Gasteiger partial charge on any atom is -0.512 e. The summed E-state index contributed by atoms with van der Waals surface area (Å²) in [5, 5.41) is 15.7. The van der Waals surface area contributed by atoms with Crippen molar-refractivity contribution < 1.29 is 34.4 Å². The maximum Gasteiger partial charge on any atom is 0.164 e. The molecule has 0 spiro atoms. The van der Waals surface area contributed by atoms with Crippen molar-refractivity contribution in [1.82, 2.24) is 15.0 Å². The number of carbonyl (C=O) groups is 1. The van der Waals surface area contributed by atoms with Crippen LogP contribution in [0.25, 0.3) is 55.0 Å². The van der Waals surface area contributed by atoms with Crippen LogP contribution in [0.15, 0.2) is 77.0 Å². The first-order valence-corrected chi connectivity index (χ1v) is 25.8. The number of pyridine rings is 1. The number of ketones is 1. The van der Waals surface area contributed by atoms with Crippen molar-refractivity contribution in [2.24, 2.45) is 10.8 Å². The van der Waals surface area contributed by atoms with Gasteiger partial charge in [0.1, 0.15) is 5.76 Å². The summed E-state index contributed by atoms with van der Waals surface area (Å²) >= 11 is -2.18. The van der Waals surface area contributed by atoms with Crippen LogP contribution < -0.4 is 4.40 Å². The molecule has 0 aliphatic carbocycles. The molecule has 0 unspecified atom stereocenters. The Bertz CT molecular complexity index is 2240. The van der Waals surface area contributed by atoms with Gasteiger partial charge in [0.15, 0.2) is 5.78 Å². The molecule has 0 atom stereocenters. The molecule has 0 saturated heterocycles. The third-order valence-corrected chi connectivity index (χ3v) is 15.4. The topological polar surface area (TPSA) is 89.1 Å². The Labute approximate surface area is 325 Å².